The number of rotatable bonds is 3. The molecule has 2 amide bonds. The second-order valence-corrected chi connectivity index (χ2v) is 7.41. The second-order valence-electron chi connectivity index (χ2n) is 7.41. The lowest BCUT2D eigenvalue weighted by molar-refractivity contribution is -0.136. The molecule has 3 aliphatic heterocycles. The maximum absolute atomic E-state index is 13.9. The van der Waals surface area contributed by atoms with Crippen molar-refractivity contribution in [2.75, 3.05) is 43.4 Å². The Hall–Kier alpha value is -3.72. The van der Waals surface area contributed by atoms with Gasteiger partial charge in [0.2, 0.25) is 0 Å². The highest BCUT2D eigenvalue weighted by atomic mass is 19.1. The van der Waals surface area contributed by atoms with E-state index in [9.17, 15) is 14.0 Å². The highest BCUT2D eigenvalue weighted by Crippen LogP contribution is 2.39. The Morgan fingerprint density at radius 2 is 1.84 bits per heavy atom. The molecule has 1 fully saturated rings. The SMILES string of the molecule is O=C1Nc2ccc(F)cc2/C1=C1/Nc2ccccc2/C1=N\OCC(=O)N1CCNCC1. The summed E-state index contributed by atoms with van der Waals surface area (Å²) < 4.78 is 13.9. The van der Waals surface area contributed by atoms with Crippen molar-refractivity contribution in [2.45, 2.75) is 0 Å². The third-order valence-electron chi connectivity index (χ3n) is 5.47. The number of nitrogens with zero attached hydrogens (tertiary/aromatic N) is 2. The summed E-state index contributed by atoms with van der Waals surface area (Å²) >= 11 is 0. The number of hydrogen-bond donors (Lipinski definition) is 3. The van der Waals surface area contributed by atoms with Gasteiger partial charge in [0.1, 0.15) is 11.5 Å². The molecule has 0 aliphatic carbocycles. The summed E-state index contributed by atoms with van der Waals surface area (Å²) in [6.07, 6.45) is 0. The summed E-state index contributed by atoms with van der Waals surface area (Å²) in [7, 11) is 0. The molecule has 3 aliphatic rings. The van der Waals surface area contributed by atoms with E-state index in [1.807, 2.05) is 24.3 Å². The van der Waals surface area contributed by atoms with Crippen LogP contribution < -0.4 is 16.0 Å². The molecule has 3 heterocycles. The van der Waals surface area contributed by atoms with Gasteiger partial charge < -0.3 is 25.7 Å². The number of carbonyl (C=O) groups is 2. The monoisotopic (exact) mass is 421 g/mol. The molecule has 0 aromatic heterocycles. The summed E-state index contributed by atoms with van der Waals surface area (Å²) in [4.78, 5) is 32.2. The minimum Gasteiger partial charge on any atom is -0.385 e. The molecule has 0 radical (unpaired) electrons. The van der Waals surface area contributed by atoms with Crippen LogP contribution in [0.15, 0.2) is 53.3 Å². The van der Waals surface area contributed by atoms with Crippen LogP contribution in [0.3, 0.4) is 0 Å². The highest BCUT2D eigenvalue weighted by molar-refractivity contribution is 6.39. The Labute approximate surface area is 177 Å². The van der Waals surface area contributed by atoms with Gasteiger partial charge in [0.15, 0.2) is 6.61 Å². The van der Waals surface area contributed by atoms with Crippen LogP contribution in [0, 0.1) is 5.82 Å². The zero-order valence-corrected chi connectivity index (χ0v) is 16.6. The van der Waals surface area contributed by atoms with Crippen LogP contribution in [0.4, 0.5) is 15.8 Å². The molecule has 8 nitrogen and oxygen atoms in total. The van der Waals surface area contributed by atoms with Gasteiger partial charge in [-0.2, -0.15) is 0 Å². The van der Waals surface area contributed by atoms with Gasteiger partial charge in [-0.3, -0.25) is 9.59 Å². The van der Waals surface area contributed by atoms with Gasteiger partial charge in [0.25, 0.3) is 11.8 Å². The van der Waals surface area contributed by atoms with Gasteiger partial charge in [0.05, 0.1) is 11.3 Å². The lowest BCUT2D eigenvalue weighted by Gasteiger charge is -2.26. The van der Waals surface area contributed by atoms with Gasteiger partial charge in [-0.1, -0.05) is 23.4 Å². The molecule has 0 saturated carbocycles. The molecule has 2 aromatic carbocycles. The van der Waals surface area contributed by atoms with Crippen molar-refractivity contribution in [1.29, 1.82) is 0 Å². The molecule has 3 N–H and O–H groups in total. The van der Waals surface area contributed by atoms with Crippen molar-refractivity contribution in [3.05, 3.63) is 65.1 Å². The third-order valence-corrected chi connectivity index (χ3v) is 5.47. The molecule has 1 saturated heterocycles. The fourth-order valence-corrected chi connectivity index (χ4v) is 3.95. The van der Waals surface area contributed by atoms with E-state index in [2.05, 4.69) is 21.1 Å². The first-order chi connectivity index (χ1) is 15.1. The average molecular weight is 421 g/mol. The van der Waals surface area contributed by atoms with Crippen molar-refractivity contribution in [3.8, 4) is 0 Å². The first kappa shape index (κ1) is 19.3. The van der Waals surface area contributed by atoms with Crippen molar-refractivity contribution in [2.24, 2.45) is 5.16 Å². The number of amides is 2. The number of halogens is 1. The zero-order chi connectivity index (χ0) is 21.4. The number of hydrogen-bond acceptors (Lipinski definition) is 6. The molecule has 0 unspecified atom stereocenters. The summed E-state index contributed by atoms with van der Waals surface area (Å²) in [6.45, 7) is 2.55. The Bertz CT molecular complexity index is 1140. The largest absolute Gasteiger partial charge is 0.385 e. The predicted molar refractivity (Wildman–Crippen MR) is 114 cm³/mol. The van der Waals surface area contributed by atoms with E-state index in [1.165, 1.54) is 18.2 Å². The number of benzene rings is 2. The minimum atomic E-state index is -0.444. The topological polar surface area (TPSA) is 95.1 Å². The molecule has 5 rings (SSSR count). The highest BCUT2D eigenvalue weighted by Gasteiger charge is 2.34. The number of fused-ring (bicyclic) bond motifs is 2. The quantitative estimate of drug-likeness (QED) is 0.519. The van der Waals surface area contributed by atoms with Gasteiger partial charge in [-0.25, -0.2) is 4.39 Å². The van der Waals surface area contributed by atoms with Crippen LogP contribution in [0.1, 0.15) is 11.1 Å². The Kier molecular flexibility index (Phi) is 4.87. The van der Waals surface area contributed by atoms with E-state index in [0.29, 0.717) is 35.7 Å². The van der Waals surface area contributed by atoms with E-state index in [4.69, 9.17) is 4.84 Å². The molecule has 0 atom stereocenters. The summed E-state index contributed by atoms with van der Waals surface area (Å²) in [5, 5.41) is 13.4. The molecular weight excluding hydrogens is 401 g/mol. The number of carbonyl (C=O) groups excluding carboxylic acids is 2. The summed E-state index contributed by atoms with van der Waals surface area (Å²) in [6, 6.07) is 11.5. The smallest absolute Gasteiger partial charge is 0.263 e. The van der Waals surface area contributed by atoms with E-state index in [-0.39, 0.29) is 24.0 Å². The summed E-state index contributed by atoms with van der Waals surface area (Å²) in [5.74, 6) is -0.953. The average Bonchev–Trinajstić information content (AvgIpc) is 3.30. The Morgan fingerprint density at radius 3 is 2.68 bits per heavy atom. The first-order valence-electron chi connectivity index (χ1n) is 10.0. The first-order valence-corrected chi connectivity index (χ1v) is 10.0. The van der Waals surface area contributed by atoms with E-state index in [1.54, 1.807) is 4.90 Å². The van der Waals surface area contributed by atoms with Crippen LogP contribution in [-0.2, 0) is 14.4 Å². The van der Waals surface area contributed by atoms with Crippen molar-refractivity contribution < 1.29 is 18.8 Å². The lowest BCUT2D eigenvalue weighted by Crippen LogP contribution is -2.47. The van der Waals surface area contributed by atoms with Gasteiger partial charge in [0, 0.05) is 48.7 Å². The van der Waals surface area contributed by atoms with Crippen LogP contribution in [-0.4, -0.2) is 55.2 Å². The van der Waals surface area contributed by atoms with Crippen molar-refractivity contribution >= 4 is 34.5 Å². The Morgan fingerprint density at radius 1 is 1.06 bits per heavy atom. The number of anilines is 2. The van der Waals surface area contributed by atoms with Gasteiger partial charge in [-0.05, 0) is 24.3 Å². The fraction of sp³-hybridized carbons (Fsp3) is 0.227. The fourth-order valence-electron chi connectivity index (χ4n) is 3.95. The van der Waals surface area contributed by atoms with E-state index < -0.39 is 5.82 Å². The zero-order valence-electron chi connectivity index (χ0n) is 16.6. The van der Waals surface area contributed by atoms with Crippen molar-refractivity contribution in [1.82, 2.24) is 10.2 Å². The number of oxime groups is 1. The molecule has 0 bridgehead atoms. The molecule has 9 heteroatoms. The van der Waals surface area contributed by atoms with Crippen LogP contribution in [0.2, 0.25) is 0 Å². The molecule has 158 valence electrons. The number of allylic oxidation sites excluding steroid dienone is 1. The van der Waals surface area contributed by atoms with Gasteiger partial charge in [-0.15, -0.1) is 0 Å². The standard InChI is InChI=1S/C22H20FN5O3/c23-13-5-6-17-15(11-13)19(22(30)26-17)21-20(14-3-1-2-4-16(14)25-21)27-31-12-18(29)28-9-7-24-8-10-28/h1-6,11,24-25H,7-10,12H2,(H,26,30)/b21-19-,27-20+. The predicted octanol–water partition coefficient (Wildman–Crippen LogP) is 1.77. The van der Waals surface area contributed by atoms with E-state index >= 15 is 0 Å². The Balaban J connectivity index is 1.49. The summed E-state index contributed by atoms with van der Waals surface area (Å²) in [5.41, 5.74) is 3.55. The number of piperazine rings is 1. The van der Waals surface area contributed by atoms with Crippen LogP contribution in [0.5, 0.6) is 0 Å². The third kappa shape index (κ3) is 3.53. The molecule has 0 spiro atoms. The maximum atomic E-state index is 13.9. The number of para-hydroxylation sites is 1. The molecule has 2 aromatic rings. The number of nitrogens with one attached hydrogen (secondary N) is 3. The maximum Gasteiger partial charge on any atom is 0.263 e. The molecule has 31 heavy (non-hydrogen) atoms. The van der Waals surface area contributed by atoms with E-state index in [0.717, 1.165) is 24.3 Å². The second kappa shape index (κ2) is 7.84. The molecular formula is C22H20FN5O3. The van der Waals surface area contributed by atoms with Crippen LogP contribution in [0.25, 0.3) is 5.57 Å². The van der Waals surface area contributed by atoms with Crippen molar-refractivity contribution in [3.63, 3.8) is 0 Å². The minimum absolute atomic E-state index is 0.148. The lowest BCUT2D eigenvalue weighted by atomic mass is 10.0. The van der Waals surface area contributed by atoms with Crippen LogP contribution >= 0.6 is 0 Å². The normalized spacial score (nSPS) is 20.9. The van der Waals surface area contributed by atoms with Gasteiger partial charge >= 0.3 is 0 Å².